The molecule has 0 atom stereocenters. The van der Waals surface area contributed by atoms with Gasteiger partial charge in [0.2, 0.25) is 0 Å². The lowest BCUT2D eigenvalue weighted by atomic mass is 10.1. The molecule has 7 nitrogen and oxygen atoms in total. The highest BCUT2D eigenvalue weighted by molar-refractivity contribution is 7.92. The largest absolute Gasteiger partial charge is 0.494 e. The van der Waals surface area contributed by atoms with Crippen LogP contribution < -0.4 is 14.5 Å². The van der Waals surface area contributed by atoms with Crippen LogP contribution in [-0.2, 0) is 21.2 Å². The van der Waals surface area contributed by atoms with Crippen molar-refractivity contribution in [2.24, 2.45) is 5.10 Å². The second-order valence-electron chi connectivity index (χ2n) is 8.02. The maximum Gasteiger partial charge on any atom is 0.264 e. The maximum absolute atomic E-state index is 13.5. The van der Waals surface area contributed by atoms with Crippen LogP contribution >= 0.6 is 0 Å². The maximum atomic E-state index is 13.5. The summed E-state index contributed by atoms with van der Waals surface area (Å²) in [6.07, 6.45) is 3.04. The second-order valence-corrected chi connectivity index (χ2v) is 9.88. The predicted octanol–water partition coefficient (Wildman–Crippen LogP) is 4.69. The molecule has 0 aliphatic carbocycles. The van der Waals surface area contributed by atoms with Crippen molar-refractivity contribution in [2.75, 3.05) is 17.5 Å². The Morgan fingerprint density at radius 1 is 1.00 bits per heavy atom. The fourth-order valence-corrected chi connectivity index (χ4v) is 4.86. The van der Waals surface area contributed by atoms with Gasteiger partial charge in [0.1, 0.15) is 12.3 Å². The van der Waals surface area contributed by atoms with Crippen LogP contribution in [0.2, 0.25) is 0 Å². The second kappa shape index (κ2) is 12.2. The molecule has 8 heteroatoms. The number of para-hydroxylation sites is 1. The molecule has 0 radical (unpaired) electrons. The molecule has 0 aliphatic heterocycles. The summed E-state index contributed by atoms with van der Waals surface area (Å²) in [5.74, 6) is 0.213. The number of hydrogen-bond acceptors (Lipinski definition) is 5. The van der Waals surface area contributed by atoms with Gasteiger partial charge in [0.05, 0.1) is 23.4 Å². The van der Waals surface area contributed by atoms with E-state index in [1.807, 2.05) is 57.2 Å². The quantitative estimate of drug-likeness (QED) is 0.310. The standard InChI is InChI=1S/C27H31N3O4S/c1-4-18-34-24-14-12-22(13-15-24)19-28-29-27(31)20-30(26-9-7-6-8-23(26)5-2)35(32,33)25-16-10-21(3)11-17-25/h6-17,19H,4-5,18,20H2,1-3H3,(H,29,31)/b28-19-. The van der Waals surface area contributed by atoms with Gasteiger partial charge in [-0.1, -0.05) is 49.7 Å². The molecule has 0 aliphatic rings. The van der Waals surface area contributed by atoms with Crippen LogP contribution in [0.1, 0.15) is 37.0 Å². The molecule has 0 bridgehead atoms. The number of rotatable bonds is 11. The number of hydrazone groups is 1. The molecule has 0 unspecified atom stereocenters. The zero-order chi connectivity index (χ0) is 25.3. The predicted molar refractivity (Wildman–Crippen MR) is 139 cm³/mol. The van der Waals surface area contributed by atoms with Crippen molar-refractivity contribution in [2.45, 2.75) is 38.5 Å². The first-order valence-corrected chi connectivity index (χ1v) is 13.0. The van der Waals surface area contributed by atoms with Crippen molar-refractivity contribution in [3.8, 4) is 5.75 Å². The summed E-state index contributed by atoms with van der Waals surface area (Å²) < 4.78 is 33.8. The Kier molecular flexibility index (Phi) is 9.03. The highest BCUT2D eigenvalue weighted by Gasteiger charge is 2.28. The van der Waals surface area contributed by atoms with Crippen LogP contribution in [0.25, 0.3) is 0 Å². The number of hydrogen-bond donors (Lipinski definition) is 1. The van der Waals surface area contributed by atoms with E-state index >= 15 is 0 Å². The van der Waals surface area contributed by atoms with Gasteiger partial charge >= 0.3 is 0 Å². The third-order valence-electron chi connectivity index (χ3n) is 5.29. The highest BCUT2D eigenvalue weighted by atomic mass is 32.2. The van der Waals surface area contributed by atoms with Crippen LogP contribution in [-0.4, -0.2) is 33.7 Å². The fourth-order valence-electron chi connectivity index (χ4n) is 3.40. The Hall–Kier alpha value is -3.65. The Labute approximate surface area is 207 Å². The molecule has 0 heterocycles. The molecule has 0 saturated carbocycles. The van der Waals surface area contributed by atoms with Crippen LogP contribution in [0.4, 0.5) is 5.69 Å². The van der Waals surface area contributed by atoms with Gasteiger partial charge in [0.15, 0.2) is 0 Å². The molecule has 0 aromatic heterocycles. The van der Waals surface area contributed by atoms with Crippen molar-refractivity contribution in [1.29, 1.82) is 0 Å². The zero-order valence-electron chi connectivity index (χ0n) is 20.3. The van der Waals surface area contributed by atoms with Crippen molar-refractivity contribution in [3.63, 3.8) is 0 Å². The van der Waals surface area contributed by atoms with E-state index in [-0.39, 0.29) is 4.90 Å². The summed E-state index contributed by atoms with van der Waals surface area (Å²) in [5, 5.41) is 4.00. The zero-order valence-corrected chi connectivity index (χ0v) is 21.1. The summed E-state index contributed by atoms with van der Waals surface area (Å²) in [6, 6.07) is 21.1. The molecule has 0 saturated heterocycles. The third-order valence-corrected chi connectivity index (χ3v) is 7.07. The van der Waals surface area contributed by atoms with Gasteiger partial charge in [-0.2, -0.15) is 5.10 Å². The van der Waals surface area contributed by atoms with Gasteiger partial charge in [-0.3, -0.25) is 9.10 Å². The van der Waals surface area contributed by atoms with Crippen LogP contribution in [0.3, 0.4) is 0 Å². The van der Waals surface area contributed by atoms with Gasteiger partial charge in [-0.15, -0.1) is 0 Å². The van der Waals surface area contributed by atoms with Crippen molar-refractivity contribution < 1.29 is 17.9 Å². The fraction of sp³-hybridized carbons (Fsp3) is 0.259. The van der Waals surface area contributed by atoms with Crippen LogP contribution in [0, 0.1) is 6.92 Å². The number of benzene rings is 3. The Morgan fingerprint density at radius 3 is 2.34 bits per heavy atom. The molecule has 0 fully saturated rings. The van der Waals surface area contributed by atoms with Crippen LogP contribution in [0.5, 0.6) is 5.75 Å². The van der Waals surface area contributed by atoms with Crippen molar-refractivity contribution in [3.05, 3.63) is 89.5 Å². The molecule has 35 heavy (non-hydrogen) atoms. The highest BCUT2D eigenvalue weighted by Crippen LogP contribution is 2.27. The lowest BCUT2D eigenvalue weighted by Crippen LogP contribution is -2.40. The van der Waals surface area contributed by atoms with Crippen LogP contribution in [0.15, 0.2) is 82.8 Å². The number of nitrogens with zero attached hydrogens (tertiary/aromatic N) is 2. The minimum Gasteiger partial charge on any atom is -0.494 e. The summed E-state index contributed by atoms with van der Waals surface area (Å²) >= 11 is 0. The minimum absolute atomic E-state index is 0.121. The van der Waals surface area contributed by atoms with E-state index in [0.29, 0.717) is 18.7 Å². The van der Waals surface area contributed by atoms with E-state index in [1.165, 1.54) is 6.21 Å². The number of sulfonamides is 1. The SMILES string of the molecule is CCCOc1ccc(/C=N\NC(=O)CN(c2ccccc2CC)S(=O)(=O)c2ccc(C)cc2)cc1. The average Bonchev–Trinajstić information content (AvgIpc) is 2.87. The normalized spacial score (nSPS) is 11.4. The number of carbonyl (C=O) groups is 1. The van der Waals surface area contributed by atoms with E-state index < -0.39 is 22.5 Å². The molecule has 3 aromatic rings. The number of carbonyl (C=O) groups excluding carboxylic acids is 1. The van der Waals surface area contributed by atoms with Gasteiger partial charge in [0.25, 0.3) is 15.9 Å². The first kappa shape index (κ1) is 26.0. The van der Waals surface area contributed by atoms with E-state index in [9.17, 15) is 13.2 Å². The van der Waals surface area contributed by atoms with Gasteiger partial charge in [-0.05, 0) is 73.4 Å². The average molecular weight is 494 g/mol. The van der Waals surface area contributed by atoms with E-state index in [0.717, 1.165) is 33.2 Å². The molecule has 3 aromatic carbocycles. The molecule has 1 N–H and O–H groups in total. The van der Waals surface area contributed by atoms with E-state index in [4.69, 9.17) is 4.74 Å². The monoisotopic (exact) mass is 493 g/mol. The topological polar surface area (TPSA) is 88.1 Å². The molecule has 0 spiro atoms. The van der Waals surface area contributed by atoms with Crippen molar-refractivity contribution >= 4 is 27.8 Å². The summed E-state index contributed by atoms with van der Waals surface area (Å²) in [5.41, 5.74) is 5.46. The summed E-state index contributed by atoms with van der Waals surface area (Å²) in [4.78, 5) is 12.9. The Bertz CT molecular complexity index is 1250. The molecule has 3 rings (SSSR count). The molecular formula is C27H31N3O4S. The minimum atomic E-state index is -3.98. The van der Waals surface area contributed by atoms with Gasteiger partial charge in [-0.25, -0.2) is 13.8 Å². The number of amides is 1. The van der Waals surface area contributed by atoms with E-state index in [1.54, 1.807) is 36.4 Å². The van der Waals surface area contributed by atoms with Gasteiger partial charge < -0.3 is 4.74 Å². The number of anilines is 1. The lowest BCUT2D eigenvalue weighted by molar-refractivity contribution is -0.119. The van der Waals surface area contributed by atoms with Crippen molar-refractivity contribution in [1.82, 2.24) is 5.43 Å². The summed E-state index contributed by atoms with van der Waals surface area (Å²) in [6.45, 7) is 6.11. The smallest absolute Gasteiger partial charge is 0.264 e. The number of aryl methyl sites for hydroxylation is 2. The lowest BCUT2D eigenvalue weighted by Gasteiger charge is -2.25. The first-order chi connectivity index (χ1) is 16.8. The number of nitrogens with one attached hydrogen (secondary N) is 1. The van der Waals surface area contributed by atoms with E-state index in [2.05, 4.69) is 10.5 Å². The third kappa shape index (κ3) is 6.93. The molecular weight excluding hydrogens is 462 g/mol. The summed E-state index contributed by atoms with van der Waals surface area (Å²) in [7, 11) is -3.98. The molecule has 1 amide bonds. The number of ether oxygens (including phenoxy) is 1. The molecule has 184 valence electrons. The Balaban J connectivity index is 1.79. The Morgan fingerprint density at radius 2 is 1.69 bits per heavy atom. The first-order valence-electron chi connectivity index (χ1n) is 11.6. The van der Waals surface area contributed by atoms with Gasteiger partial charge in [0, 0.05) is 0 Å².